The van der Waals surface area contributed by atoms with Crippen LogP contribution in [0.15, 0.2) is 9.59 Å². The second-order valence-corrected chi connectivity index (χ2v) is 5.66. The summed E-state index contributed by atoms with van der Waals surface area (Å²) in [7, 11) is 1.48. The molecule has 0 amide bonds. The minimum atomic E-state index is -0.365. The molecule has 0 saturated carbocycles. The molecule has 1 aromatic rings. The van der Waals surface area contributed by atoms with Crippen molar-refractivity contribution in [1.82, 2.24) is 9.13 Å². The lowest BCUT2D eigenvalue weighted by molar-refractivity contribution is 0.439. The Morgan fingerprint density at radius 2 is 1.85 bits per heavy atom. The van der Waals surface area contributed by atoms with Crippen LogP contribution in [0.2, 0.25) is 0 Å². The molecule has 0 aliphatic heterocycles. The van der Waals surface area contributed by atoms with Crippen molar-refractivity contribution in [2.24, 2.45) is 18.9 Å². The molecule has 1 rings (SSSR count). The normalized spacial score (nSPS) is 12.7. The second kappa shape index (κ2) is 6.63. The highest BCUT2D eigenvalue weighted by Gasteiger charge is 2.16. The van der Waals surface area contributed by atoms with Crippen LogP contribution >= 0.6 is 0 Å². The summed E-state index contributed by atoms with van der Waals surface area (Å²) in [6.07, 6.45) is 0.782. The van der Waals surface area contributed by atoms with Gasteiger partial charge in [-0.15, -0.1) is 0 Å². The third-order valence-electron chi connectivity index (χ3n) is 3.77. The Kier molecular flexibility index (Phi) is 5.42. The minimum Gasteiger partial charge on any atom is -0.383 e. The molecule has 0 radical (unpaired) electrons. The molecule has 0 aliphatic carbocycles. The number of hydrogen-bond donors (Lipinski definition) is 2. The van der Waals surface area contributed by atoms with Crippen molar-refractivity contribution < 1.29 is 0 Å². The van der Waals surface area contributed by atoms with E-state index in [-0.39, 0.29) is 17.1 Å². The summed E-state index contributed by atoms with van der Waals surface area (Å²) in [6.45, 7) is 9.50. The molecule has 1 aromatic heterocycles. The monoisotopic (exact) mass is 282 g/mol. The van der Waals surface area contributed by atoms with Crippen molar-refractivity contribution in [3.63, 3.8) is 0 Å². The van der Waals surface area contributed by atoms with Gasteiger partial charge in [-0.1, -0.05) is 27.7 Å². The fraction of sp³-hybridized carbons (Fsp3) is 0.714. The Bertz CT molecular complexity index is 572. The van der Waals surface area contributed by atoms with Crippen LogP contribution in [0.5, 0.6) is 0 Å². The molecule has 114 valence electrons. The van der Waals surface area contributed by atoms with Crippen molar-refractivity contribution >= 4 is 11.5 Å². The molecular formula is C14H26N4O2. The van der Waals surface area contributed by atoms with Crippen LogP contribution in [0, 0.1) is 11.8 Å². The maximum atomic E-state index is 12.2. The maximum Gasteiger partial charge on any atom is 0.332 e. The summed E-state index contributed by atoms with van der Waals surface area (Å²) in [6, 6.07) is 0. The number of nitrogens with zero attached hydrogens (tertiary/aromatic N) is 2. The first-order valence-corrected chi connectivity index (χ1v) is 7.14. The standard InChI is InChI=1S/C14H26N4O2/c1-6-7-18-12(15)11(13(19)17(5)14(18)20)16-8-10(4)9(2)3/h9-10,16H,6-8,15H2,1-5H3. The number of aromatic nitrogens is 2. The summed E-state index contributed by atoms with van der Waals surface area (Å²) in [5, 5.41) is 3.11. The van der Waals surface area contributed by atoms with Crippen molar-refractivity contribution in [3.8, 4) is 0 Å². The van der Waals surface area contributed by atoms with E-state index < -0.39 is 0 Å². The SMILES string of the molecule is CCCn1c(N)c(NCC(C)C(C)C)c(=O)n(C)c1=O. The lowest BCUT2D eigenvalue weighted by atomic mass is 9.98. The second-order valence-electron chi connectivity index (χ2n) is 5.66. The summed E-state index contributed by atoms with van der Waals surface area (Å²) < 4.78 is 2.55. The number of nitrogen functional groups attached to an aromatic ring is 1. The topological polar surface area (TPSA) is 82.0 Å². The molecule has 1 unspecified atom stereocenters. The van der Waals surface area contributed by atoms with E-state index in [9.17, 15) is 9.59 Å². The zero-order valence-corrected chi connectivity index (χ0v) is 13.1. The lowest BCUT2D eigenvalue weighted by Crippen LogP contribution is -2.41. The predicted molar refractivity (Wildman–Crippen MR) is 83.1 cm³/mol. The average Bonchev–Trinajstić information content (AvgIpc) is 2.40. The van der Waals surface area contributed by atoms with Gasteiger partial charge in [-0.3, -0.25) is 13.9 Å². The van der Waals surface area contributed by atoms with E-state index in [0.717, 1.165) is 11.0 Å². The van der Waals surface area contributed by atoms with Crippen LogP contribution in [-0.4, -0.2) is 15.7 Å². The van der Waals surface area contributed by atoms with Gasteiger partial charge in [0.2, 0.25) is 0 Å². The zero-order chi connectivity index (χ0) is 15.4. The van der Waals surface area contributed by atoms with Crippen LogP contribution in [0.3, 0.4) is 0 Å². The fourth-order valence-electron chi connectivity index (χ4n) is 1.89. The molecule has 0 spiro atoms. The Morgan fingerprint density at radius 1 is 1.25 bits per heavy atom. The predicted octanol–water partition coefficient (Wildman–Crippen LogP) is 1.24. The minimum absolute atomic E-state index is 0.232. The van der Waals surface area contributed by atoms with Gasteiger partial charge < -0.3 is 11.1 Å². The summed E-state index contributed by atoms with van der Waals surface area (Å²) in [5.74, 6) is 1.15. The first-order chi connectivity index (χ1) is 9.31. The first-order valence-electron chi connectivity index (χ1n) is 7.14. The molecule has 0 saturated heterocycles. The van der Waals surface area contributed by atoms with Crippen molar-refractivity contribution in [1.29, 1.82) is 0 Å². The lowest BCUT2D eigenvalue weighted by Gasteiger charge is -2.19. The quantitative estimate of drug-likeness (QED) is 0.822. The van der Waals surface area contributed by atoms with Crippen LogP contribution < -0.4 is 22.3 Å². The van der Waals surface area contributed by atoms with Crippen LogP contribution in [0.25, 0.3) is 0 Å². The Morgan fingerprint density at radius 3 is 2.35 bits per heavy atom. The fourth-order valence-corrected chi connectivity index (χ4v) is 1.89. The zero-order valence-electron chi connectivity index (χ0n) is 13.1. The number of rotatable bonds is 6. The highest BCUT2D eigenvalue weighted by atomic mass is 16.2. The van der Waals surface area contributed by atoms with Gasteiger partial charge in [-0.2, -0.15) is 0 Å². The molecule has 3 N–H and O–H groups in total. The Hall–Kier alpha value is -1.72. The van der Waals surface area contributed by atoms with Crippen LogP contribution in [0.1, 0.15) is 34.1 Å². The molecule has 6 nitrogen and oxygen atoms in total. The van der Waals surface area contributed by atoms with Gasteiger partial charge in [0.25, 0.3) is 5.56 Å². The molecule has 6 heteroatoms. The van der Waals surface area contributed by atoms with E-state index in [1.165, 1.54) is 11.6 Å². The average molecular weight is 282 g/mol. The highest BCUT2D eigenvalue weighted by Crippen LogP contribution is 2.14. The van der Waals surface area contributed by atoms with E-state index in [1.54, 1.807) is 0 Å². The van der Waals surface area contributed by atoms with Gasteiger partial charge in [0, 0.05) is 20.1 Å². The van der Waals surface area contributed by atoms with Crippen molar-refractivity contribution in [2.75, 3.05) is 17.6 Å². The number of hydrogen-bond acceptors (Lipinski definition) is 4. The summed E-state index contributed by atoms with van der Waals surface area (Å²) in [5.41, 5.74) is 5.59. The number of nitrogens with two attached hydrogens (primary N) is 1. The molecule has 0 aromatic carbocycles. The van der Waals surface area contributed by atoms with Crippen molar-refractivity contribution in [2.45, 2.75) is 40.7 Å². The highest BCUT2D eigenvalue weighted by molar-refractivity contribution is 5.60. The van der Waals surface area contributed by atoms with Crippen molar-refractivity contribution in [3.05, 3.63) is 20.8 Å². The molecule has 0 bridgehead atoms. The summed E-state index contributed by atoms with van der Waals surface area (Å²) >= 11 is 0. The van der Waals surface area contributed by atoms with E-state index >= 15 is 0 Å². The maximum absolute atomic E-state index is 12.2. The van der Waals surface area contributed by atoms with Gasteiger partial charge in [0.05, 0.1) is 0 Å². The van der Waals surface area contributed by atoms with E-state index in [2.05, 4.69) is 26.1 Å². The molecule has 0 aliphatic rings. The molecule has 1 atom stereocenters. The number of nitrogens with one attached hydrogen (secondary N) is 1. The van der Waals surface area contributed by atoms with Gasteiger partial charge >= 0.3 is 5.69 Å². The Labute approximate surface area is 119 Å². The number of anilines is 2. The van der Waals surface area contributed by atoms with Gasteiger partial charge in [-0.25, -0.2) is 4.79 Å². The largest absolute Gasteiger partial charge is 0.383 e. The van der Waals surface area contributed by atoms with E-state index in [4.69, 9.17) is 5.73 Å². The molecule has 20 heavy (non-hydrogen) atoms. The van der Waals surface area contributed by atoms with E-state index in [1.807, 2.05) is 6.92 Å². The van der Waals surface area contributed by atoms with E-state index in [0.29, 0.717) is 30.6 Å². The third-order valence-corrected chi connectivity index (χ3v) is 3.77. The van der Waals surface area contributed by atoms with Crippen LogP contribution in [-0.2, 0) is 13.6 Å². The van der Waals surface area contributed by atoms with Gasteiger partial charge in [-0.05, 0) is 18.3 Å². The van der Waals surface area contributed by atoms with Gasteiger partial charge in [0.15, 0.2) is 0 Å². The smallest absolute Gasteiger partial charge is 0.332 e. The Balaban J connectivity index is 3.19. The molecular weight excluding hydrogens is 256 g/mol. The molecule has 0 fully saturated rings. The van der Waals surface area contributed by atoms with Gasteiger partial charge in [0.1, 0.15) is 11.5 Å². The molecule has 1 heterocycles. The first kappa shape index (κ1) is 16.3. The summed E-state index contributed by atoms with van der Waals surface area (Å²) in [4.78, 5) is 24.2. The van der Waals surface area contributed by atoms with Crippen LogP contribution in [0.4, 0.5) is 11.5 Å². The third kappa shape index (κ3) is 3.23.